The molecule has 0 aliphatic carbocycles. The van der Waals surface area contributed by atoms with Gasteiger partial charge in [-0.25, -0.2) is 9.66 Å². The molecule has 5 heteroatoms. The lowest BCUT2D eigenvalue weighted by Gasteiger charge is -2.21. The maximum absolute atomic E-state index is 10.3. The number of phenolic OH excluding ortho intramolecular Hbond substituents is 1. The van der Waals surface area contributed by atoms with Crippen molar-refractivity contribution in [3.05, 3.63) is 41.2 Å². The number of aromatic nitrogens is 2. The number of rotatable bonds is 2. The topological polar surface area (TPSA) is 76.4 Å². The first-order valence-corrected chi connectivity index (χ1v) is 6.47. The molecule has 2 aromatic rings. The summed E-state index contributed by atoms with van der Waals surface area (Å²) in [5.74, 6) is 0.573. The molecular formula is C15H20N4O. The average Bonchev–Trinajstić information content (AvgIpc) is 2.65. The van der Waals surface area contributed by atoms with Gasteiger partial charge in [0.2, 0.25) is 5.95 Å². The number of aromatic hydroxyl groups is 1. The van der Waals surface area contributed by atoms with Gasteiger partial charge in [-0.2, -0.15) is 5.10 Å². The summed E-state index contributed by atoms with van der Waals surface area (Å²) in [5.41, 5.74) is 7.93. The van der Waals surface area contributed by atoms with Crippen LogP contribution in [0.4, 0.5) is 5.95 Å². The van der Waals surface area contributed by atoms with E-state index in [0.717, 1.165) is 11.3 Å². The van der Waals surface area contributed by atoms with Gasteiger partial charge in [0.25, 0.3) is 0 Å². The van der Waals surface area contributed by atoms with Crippen molar-refractivity contribution < 1.29 is 5.11 Å². The van der Waals surface area contributed by atoms with Gasteiger partial charge in [-0.1, -0.05) is 32.9 Å². The van der Waals surface area contributed by atoms with E-state index in [0.29, 0.717) is 11.5 Å². The third-order valence-electron chi connectivity index (χ3n) is 3.03. The molecule has 0 saturated heterocycles. The molecule has 0 amide bonds. The van der Waals surface area contributed by atoms with Crippen LogP contribution in [0.15, 0.2) is 29.5 Å². The number of nitrogens with two attached hydrogens (primary N) is 1. The maximum Gasteiger partial charge on any atom is 0.221 e. The number of para-hydroxylation sites is 1. The smallest absolute Gasteiger partial charge is 0.221 e. The molecule has 0 bridgehead atoms. The number of nitrogens with zero attached hydrogens (tertiary/aromatic N) is 3. The second kappa shape index (κ2) is 5.00. The Morgan fingerprint density at radius 1 is 1.35 bits per heavy atom. The summed E-state index contributed by atoms with van der Waals surface area (Å²) in [6.07, 6.45) is 3.32. The van der Waals surface area contributed by atoms with Crippen LogP contribution in [-0.4, -0.2) is 21.0 Å². The number of nitrogen functional groups attached to an aromatic ring is 1. The maximum atomic E-state index is 10.3. The zero-order valence-electron chi connectivity index (χ0n) is 12.3. The first kappa shape index (κ1) is 14.1. The Hall–Kier alpha value is -2.30. The van der Waals surface area contributed by atoms with Gasteiger partial charge in [0.05, 0.1) is 18.1 Å². The Balaban J connectivity index is 2.37. The Kier molecular flexibility index (Phi) is 3.53. The summed E-state index contributed by atoms with van der Waals surface area (Å²) in [6, 6.07) is 5.64. The lowest BCUT2D eigenvalue weighted by atomic mass is 9.85. The van der Waals surface area contributed by atoms with E-state index in [4.69, 9.17) is 5.73 Å². The number of hydrogen-bond donors (Lipinski definition) is 2. The van der Waals surface area contributed by atoms with Crippen molar-refractivity contribution >= 4 is 12.2 Å². The van der Waals surface area contributed by atoms with Gasteiger partial charge in [0.1, 0.15) is 5.75 Å². The zero-order valence-corrected chi connectivity index (χ0v) is 12.3. The van der Waals surface area contributed by atoms with Crippen LogP contribution in [0.25, 0.3) is 0 Å². The molecule has 0 spiro atoms. The van der Waals surface area contributed by atoms with Crippen LogP contribution < -0.4 is 5.73 Å². The fourth-order valence-electron chi connectivity index (χ4n) is 1.99. The van der Waals surface area contributed by atoms with Crippen LogP contribution in [0.2, 0.25) is 0 Å². The fraction of sp³-hybridized carbons (Fsp3) is 0.333. The highest BCUT2D eigenvalue weighted by atomic mass is 16.3. The first-order valence-electron chi connectivity index (χ1n) is 6.47. The Morgan fingerprint density at radius 3 is 2.60 bits per heavy atom. The van der Waals surface area contributed by atoms with Gasteiger partial charge in [-0.3, -0.25) is 0 Å². The molecule has 0 aliphatic rings. The van der Waals surface area contributed by atoms with Gasteiger partial charge in [0.15, 0.2) is 0 Å². The third-order valence-corrected chi connectivity index (χ3v) is 3.03. The van der Waals surface area contributed by atoms with Crippen LogP contribution in [0.1, 0.15) is 37.6 Å². The average molecular weight is 272 g/mol. The quantitative estimate of drug-likeness (QED) is 0.825. The molecule has 0 aliphatic heterocycles. The molecule has 0 fully saturated rings. The normalized spacial score (nSPS) is 12.2. The minimum absolute atomic E-state index is 0.126. The van der Waals surface area contributed by atoms with Crippen molar-refractivity contribution in [2.75, 3.05) is 5.73 Å². The Morgan fingerprint density at radius 2 is 2.05 bits per heavy atom. The molecule has 0 atom stereocenters. The molecular weight excluding hydrogens is 252 g/mol. The van der Waals surface area contributed by atoms with Crippen molar-refractivity contribution in [3.8, 4) is 5.75 Å². The second-order valence-electron chi connectivity index (χ2n) is 5.82. The SMILES string of the molecule is Cc1cn(N=Cc2cccc(C(C)(C)C)c2O)c(N)n1. The predicted octanol–water partition coefficient (Wildman–Crippen LogP) is 2.66. The highest BCUT2D eigenvalue weighted by molar-refractivity contribution is 5.84. The molecule has 1 heterocycles. The van der Waals surface area contributed by atoms with E-state index in [9.17, 15) is 5.11 Å². The zero-order chi connectivity index (χ0) is 14.9. The molecule has 1 aromatic heterocycles. The summed E-state index contributed by atoms with van der Waals surface area (Å²) in [4.78, 5) is 4.07. The largest absolute Gasteiger partial charge is 0.507 e. The van der Waals surface area contributed by atoms with Gasteiger partial charge in [0, 0.05) is 5.56 Å². The molecule has 0 unspecified atom stereocenters. The van der Waals surface area contributed by atoms with Crippen LogP contribution in [0, 0.1) is 6.92 Å². The van der Waals surface area contributed by atoms with Crippen molar-refractivity contribution in [1.82, 2.24) is 9.66 Å². The van der Waals surface area contributed by atoms with E-state index in [-0.39, 0.29) is 11.2 Å². The fourth-order valence-corrected chi connectivity index (χ4v) is 1.99. The van der Waals surface area contributed by atoms with E-state index >= 15 is 0 Å². The van der Waals surface area contributed by atoms with Crippen LogP contribution in [-0.2, 0) is 5.41 Å². The minimum atomic E-state index is -0.126. The first-order chi connectivity index (χ1) is 9.29. The number of benzene rings is 1. The Bertz CT molecular complexity index is 650. The molecule has 106 valence electrons. The summed E-state index contributed by atoms with van der Waals surface area (Å²) in [5, 5.41) is 14.6. The van der Waals surface area contributed by atoms with Crippen molar-refractivity contribution in [2.24, 2.45) is 5.10 Å². The number of aryl methyl sites for hydroxylation is 1. The monoisotopic (exact) mass is 272 g/mol. The lowest BCUT2D eigenvalue weighted by Crippen LogP contribution is -2.11. The van der Waals surface area contributed by atoms with E-state index in [1.165, 1.54) is 4.68 Å². The highest BCUT2D eigenvalue weighted by Crippen LogP contribution is 2.32. The molecule has 0 radical (unpaired) electrons. The molecule has 2 rings (SSSR count). The summed E-state index contributed by atoms with van der Waals surface area (Å²) >= 11 is 0. The minimum Gasteiger partial charge on any atom is -0.507 e. The second-order valence-corrected chi connectivity index (χ2v) is 5.82. The molecule has 0 saturated carbocycles. The van der Waals surface area contributed by atoms with Gasteiger partial charge in [-0.05, 0) is 24.0 Å². The molecule has 1 aromatic carbocycles. The van der Waals surface area contributed by atoms with Crippen molar-refractivity contribution in [2.45, 2.75) is 33.1 Å². The van der Waals surface area contributed by atoms with E-state index in [1.807, 2.05) is 25.1 Å². The number of anilines is 1. The van der Waals surface area contributed by atoms with E-state index in [2.05, 4.69) is 30.9 Å². The van der Waals surface area contributed by atoms with E-state index < -0.39 is 0 Å². The highest BCUT2D eigenvalue weighted by Gasteiger charge is 2.19. The number of hydrogen-bond acceptors (Lipinski definition) is 4. The van der Waals surface area contributed by atoms with Crippen LogP contribution in [0.5, 0.6) is 5.75 Å². The van der Waals surface area contributed by atoms with E-state index in [1.54, 1.807) is 12.4 Å². The standard InChI is InChI=1S/C15H20N4O/c1-10-9-19(14(16)18-10)17-8-11-6-5-7-12(13(11)20)15(2,3)4/h5-9,20H,1-4H3,(H2,16,18). The molecule has 3 N–H and O–H groups in total. The molecule has 20 heavy (non-hydrogen) atoms. The summed E-state index contributed by atoms with van der Waals surface area (Å²) in [6.45, 7) is 8.01. The van der Waals surface area contributed by atoms with Crippen molar-refractivity contribution in [3.63, 3.8) is 0 Å². The van der Waals surface area contributed by atoms with Gasteiger partial charge < -0.3 is 10.8 Å². The third kappa shape index (κ3) is 2.82. The van der Waals surface area contributed by atoms with Gasteiger partial charge in [-0.15, -0.1) is 0 Å². The number of imidazole rings is 1. The summed E-state index contributed by atoms with van der Waals surface area (Å²) in [7, 11) is 0. The van der Waals surface area contributed by atoms with Crippen molar-refractivity contribution in [1.29, 1.82) is 0 Å². The number of phenols is 1. The lowest BCUT2D eigenvalue weighted by molar-refractivity contribution is 0.446. The van der Waals surface area contributed by atoms with Crippen LogP contribution >= 0.6 is 0 Å². The predicted molar refractivity (Wildman–Crippen MR) is 81.2 cm³/mol. The van der Waals surface area contributed by atoms with Crippen LogP contribution in [0.3, 0.4) is 0 Å². The van der Waals surface area contributed by atoms with Gasteiger partial charge >= 0.3 is 0 Å². The molecule has 5 nitrogen and oxygen atoms in total. The summed E-state index contributed by atoms with van der Waals surface area (Å²) < 4.78 is 1.48. The Labute approximate surface area is 118 Å².